The number of carbonyl (C=O) groups excluding carboxylic acids is 1. The second-order valence-electron chi connectivity index (χ2n) is 8.05. The molecule has 1 unspecified atom stereocenters. The van der Waals surface area contributed by atoms with E-state index in [4.69, 9.17) is 4.74 Å². The van der Waals surface area contributed by atoms with Gasteiger partial charge in [0.2, 0.25) is 0 Å². The van der Waals surface area contributed by atoms with Crippen molar-refractivity contribution in [3.63, 3.8) is 0 Å². The van der Waals surface area contributed by atoms with Crippen molar-refractivity contribution in [3.05, 3.63) is 65.7 Å². The summed E-state index contributed by atoms with van der Waals surface area (Å²) in [4.78, 5) is 15.0. The average Bonchev–Trinajstić information content (AvgIpc) is 3.27. The molecule has 3 heterocycles. The van der Waals surface area contributed by atoms with Gasteiger partial charge in [0.1, 0.15) is 0 Å². The molecule has 0 radical (unpaired) electrons. The van der Waals surface area contributed by atoms with E-state index in [0.29, 0.717) is 12.0 Å². The summed E-state index contributed by atoms with van der Waals surface area (Å²) in [6.45, 7) is 2.23. The normalized spacial score (nSPS) is 29.0. The minimum atomic E-state index is 0.0165. The maximum absolute atomic E-state index is 13.0. The van der Waals surface area contributed by atoms with Gasteiger partial charge in [0, 0.05) is 30.1 Å². The van der Waals surface area contributed by atoms with Crippen molar-refractivity contribution < 1.29 is 9.53 Å². The SMILES string of the molecule is O=C(NCC12COC(C1)C2)N1CC(c2ccccc2)Cc2ccccc21. The Labute approximate surface area is 154 Å². The first-order valence-corrected chi connectivity index (χ1v) is 9.52. The Bertz CT molecular complexity index is 808. The highest BCUT2D eigenvalue weighted by molar-refractivity contribution is 5.93. The first-order valence-electron chi connectivity index (χ1n) is 9.52. The number of hydrogen-bond donors (Lipinski definition) is 1. The molecule has 0 aromatic heterocycles. The Hall–Kier alpha value is -2.33. The van der Waals surface area contributed by atoms with E-state index in [0.717, 1.165) is 44.6 Å². The van der Waals surface area contributed by atoms with Gasteiger partial charge in [-0.05, 0) is 36.5 Å². The Morgan fingerprint density at radius 2 is 1.88 bits per heavy atom. The lowest BCUT2D eigenvalue weighted by atomic mass is 9.70. The van der Waals surface area contributed by atoms with E-state index in [1.54, 1.807) is 0 Å². The number of amides is 2. The maximum atomic E-state index is 13.0. The topological polar surface area (TPSA) is 41.6 Å². The molecule has 4 nitrogen and oxygen atoms in total. The molecule has 1 saturated carbocycles. The van der Waals surface area contributed by atoms with E-state index in [2.05, 4.69) is 47.8 Å². The van der Waals surface area contributed by atoms with E-state index in [9.17, 15) is 4.79 Å². The molecule has 1 aliphatic carbocycles. The van der Waals surface area contributed by atoms with Gasteiger partial charge in [-0.15, -0.1) is 0 Å². The number of rotatable bonds is 3. The molecular formula is C22H24N2O2. The van der Waals surface area contributed by atoms with Crippen molar-refractivity contribution in [2.24, 2.45) is 5.41 Å². The second-order valence-corrected chi connectivity index (χ2v) is 8.05. The average molecular weight is 348 g/mol. The maximum Gasteiger partial charge on any atom is 0.321 e. The lowest BCUT2D eigenvalue weighted by molar-refractivity contribution is 0.112. The zero-order valence-electron chi connectivity index (χ0n) is 14.9. The molecule has 2 amide bonds. The number of fused-ring (bicyclic) bond motifs is 2. The van der Waals surface area contributed by atoms with Crippen LogP contribution in [0.3, 0.4) is 0 Å². The van der Waals surface area contributed by atoms with Crippen LogP contribution in [-0.4, -0.2) is 31.8 Å². The highest BCUT2D eigenvalue weighted by Crippen LogP contribution is 2.49. The Morgan fingerprint density at radius 3 is 2.65 bits per heavy atom. The lowest BCUT2D eigenvalue weighted by Gasteiger charge is -2.38. The van der Waals surface area contributed by atoms with Crippen LogP contribution < -0.4 is 10.2 Å². The van der Waals surface area contributed by atoms with Gasteiger partial charge in [0.25, 0.3) is 0 Å². The molecule has 4 aliphatic rings. The van der Waals surface area contributed by atoms with Gasteiger partial charge in [0.05, 0.1) is 12.7 Å². The minimum absolute atomic E-state index is 0.0165. The van der Waals surface area contributed by atoms with E-state index < -0.39 is 0 Å². The number of nitrogens with zero attached hydrogens (tertiary/aromatic N) is 1. The largest absolute Gasteiger partial charge is 0.378 e. The smallest absolute Gasteiger partial charge is 0.321 e. The number of carbonyl (C=O) groups is 1. The summed E-state index contributed by atoms with van der Waals surface area (Å²) >= 11 is 0. The molecule has 26 heavy (non-hydrogen) atoms. The highest BCUT2D eigenvalue weighted by Gasteiger charge is 2.51. The number of urea groups is 1. The van der Waals surface area contributed by atoms with Crippen LogP contribution in [0.15, 0.2) is 54.6 Å². The van der Waals surface area contributed by atoms with Crippen LogP contribution in [0.1, 0.15) is 29.9 Å². The predicted molar refractivity (Wildman–Crippen MR) is 101 cm³/mol. The fourth-order valence-corrected chi connectivity index (χ4v) is 4.73. The van der Waals surface area contributed by atoms with Crippen LogP contribution >= 0.6 is 0 Å². The molecule has 6 rings (SSSR count). The van der Waals surface area contributed by atoms with Crippen LogP contribution in [0.4, 0.5) is 10.5 Å². The Balaban J connectivity index is 1.36. The summed E-state index contributed by atoms with van der Waals surface area (Å²) in [5.41, 5.74) is 3.77. The summed E-state index contributed by atoms with van der Waals surface area (Å²) in [7, 11) is 0. The van der Waals surface area contributed by atoms with Gasteiger partial charge in [0.15, 0.2) is 0 Å². The molecule has 1 atom stereocenters. The van der Waals surface area contributed by atoms with Crippen LogP contribution in [0, 0.1) is 5.41 Å². The third-order valence-electron chi connectivity index (χ3n) is 6.23. The summed E-state index contributed by atoms with van der Waals surface area (Å²) < 4.78 is 5.67. The molecule has 2 bridgehead atoms. The molecule has 2 saturated heterocycles. The van der Waals surface area contributed by atoms with Crippen molar-refractivity contribution in [2.45, 2.75) is 31.3 Å². The van der Waals surface area contributed by atoms with Crippen molar-refractivity contribution in [2.75, 3.05) is 24.6 Å². The molecule has 2 aromatic carbocycles. The van der Waals surface area contributed by atoms with E-state index in [1.165, 1.54) is 11.1 Å². The molecule has 0 spiro atoms. The predicted octanol–water partition coefficient (Wildman–Crippen LogP) is 3.72. The summed E-state index contributed by atoms with van der Waals surface area (Å²) in [5.74, 6) is 0.331. The van der Waals surface area contributed by atoms with Gasteiger partial charge < -0.3 is 10.1 Å². The van der Waals surface area contributed by atoms with E-state index >= 15 is 0 Å². The standard InChI is InChI=1S/C22H24N2O2/c25-21(23-14-22-11-19(12-22)26-15-22)24-13-18(16-6-2-1-3-7-16)10-17-8-4-5-9-20(17)24/h1-9,18-19H,10-15H2,(H,23,25). The van der Waals surface area contributed by atoms with Gasteiger partial charge >= 0.3 is 6.03 Å². The van der Waals surface area contributed by atoms with Crippen LogP contribution in [0.5, 0.6) is 0 Å². The van der Waals surface area contributed by atoms with Crippen molar-refractivity contribution in [1.82, 2.24) is 5.32 Å². The number of anilines is 1. The number of benzene rings is 2. The summed E-state index contributed by atoms with van der Waals surface area (Å²) in [6, 6.07) is 18.8. The fourth-order valence-electron chi connectivity index (χ4n) is 4.73. The summed E-state index contributed by atoms with van der Waals surface area (Å²) in [5, 5.41) is 3.19. The number of para-hydroxylation sites is 1. The lowest BCUT2D eigenvalue weighted by Crippen LogP contribution is -2.50. The van der Waals surface area contributed by atoms with Crippen molar-refractivity contribution in [3.8, 4) is 0 Å². The van der Waals surface area contributed by atoms with Gasteiger partial charge in [-0.2, -0.15) is 0 Å². The molecular weight excluding hydrogens is 324 g/mol. The molecule has 4 heteroatoms. The first kappa shape index (κ1) is 15.9. The minimum Gasteiger partial charge on any atom is -0.378 e. The third-order valence-corrected chi connectivity index (χ3v) is 6.23. The van der Waals surface area contributed by atoms with Gasteiger partial charge in [-0.3, -0.25) is 4.90 Å². The number of nitrogens with one attached hydrogen (secondary N) is 1. The van der Waals surface area contributed by atoms with E-state index in [-0.39, 0.29) is 11.4 Å². The zero-order valence-corrected chi connectivity index (χ0v) is 14.9. The molecule has 2 aromatic rings. The zero-order chi connectivity index (χ0) is 17.6. The molecule has 3 aliphatic heterocycles. The fraction of sp³-hybridized carbons (Fsp3) is 0.409. The van der Waals surface area contributed by atoms with Gasteiger partial charge in [-0.25, -0.2) is 4.79 Å². The number of ether oxygens (including phenoxy) is 1. The van der Waals surface area contributed by atoms with E-state index in [1.807, 2.05) is 17.0 Å². The summed E-state index contributed by atoms with van der Waals surface area (Å²) in [6.07, 6.45) is 3.60. The Kier molecular flexibility index (Phi) is 3.75. The monoisotopic (exact) mass is 348 g/mol. The molecule has 134 valence electrons. The quantitative estimate of drug-likeness (QED) is 0.918. The van der Waals surface area contributed by atoms with Crippen LogP contribution in [0.2, 0.25) is 0 Å². The third kappa shape index (κ3) is 2.69. The number of hydrogen-bond acceptors (Lipinski definition) is 2. The molecule has 1 N–H and O–H groups in total. The second kappa shape index (κ2) is 6.13. The van der Waals surface area contributed by atoms with Gasteiger partial charge in [-0.1, -0.05) is 48.5 Å². The highest BCUT2D eigenvalue weighted by atomic mass is 16.5. The van der Waals surface area contributed by atoms with Crippen LogP contribution in [0.25, 0.3) is 0 Å². The van der Waals surface area contributed by atoms with Crippen molar-refractivity contribution in [1.29, 1.82) is 0 Å². The van der Waals surface area contributed by atoms with Crippen LogP contribution in [-0.2, 0) is 11.2 Å². The molecule has 3 fully saturated rings. The van der Waals surface area contributed by atoms with Crippen molar-refractivity contribution >= 4 is 11.7 Å². The first-order chi connectivity index (χ1) is 12.7. The Morgan fingerprint density at radius 1 is 1.12 bits per heavy atom.